The highest BCUT2D eigenvalue weighted by molar-refractivity contribution is 7.87. The van der Waals surface area contributed by atoms with E-state index < -0.39 is 21.4 Å². The van der Waals surface area contributed by atoms with Crippen molar-refractivity contribution in [3.8, 4) is 0 Å². The Morgan fingerprint density at radius 1 is 1.15 bits per heavy atom. The summed E-state index contributed by atoms with van der Waals surface area (Å²) in [6.07, 6.45) is 0. The average Bonchev–Trinajstić information content (AvgIpc) is 2.34. The molecule has 0 radical (unpaired) electrons. The quantitative estimate of drug-likeness (QED) is 0.367. The molecule has 0 heterocycles. The van der Waals surface area contributed by atoms with Crippen LogP contribution >= 0.6 is 0 Å². The van der Waals surface area contributed by atoms with Gasteiger partial charge in [-0.2, -0.15) is 21.6 Å². The molecule has 0 fully saturated rings. The fourth-order valence-corrected chi connectivity index (χ4v) is 2.01. The Balaban J connectivity index is 3.31. The molecular formula is C13H13F3O3S. The van der Waals surface area contributed by atoms with Crippen molar-refractivity contribution in [2.45, 2.75) is 19.4 Å². The number of hydrogen-bond donors (Lipinski definition) is 0. The van der Waals surface area contributed by atoms with Crippen LogP contribution in [0.3, 0.4) is 0 Å². The van der Waals surface area contributed by atoms with Crippen LogP contribution in [-0.2, 0) is 14.3 Å². The van der Waals surface area contributed by atoms with Crippen LogP contribution in [-0.4, -0.2) is 13.9 Å². The molecule has 0 unspecified atom stereocenters. The lowest BCUT2D eigenvalue weighted by molar-refractivity contribution is -0.0520. The van der Waals surface area contributed by atoms with Gasteiger partial charge in [-0.15, -0.1) is 0 Å². The molecule has 7 heteroatoms. The molecular weight excluding hydrogens is 293 g/mol. The van der Waals surface area contributed by atoms with Gasteiger partial charge in [0.1, 0.15) is 5.76 Å². The molecule has 0 aliphatic carbocycles. The molecule has 3 nitrogen and oxygen atoms in total. The average molecular weight is 306 g/mol. The van der Waals surface area contributed by atoms with Crippen LogP contribution in [0, 0.1) is 0 Å². The SMILES string of the molecule is C=C(C)/C(OS(=O)(=O)C(F)(F)F)=C(/C)c1ccccc1. The van der Waals surface area contributed by atoms with Gasteiger partial charge < -0.3 is 4.18 Å². The summed E-state index contributed by atoms with van der Waals surface area (Å²) < 4.78 is 63.4. The molecule has 20 heavy (non-hydrogen) atoms. The van der Waals surface area contributed by atoms with Crippen molar-refractivity contribution in [2.75, 3.05) is 0 Å². The molecule has 0 aliphatic rings. The van der Waals surface area contributed by atoms with Crippen molar-refractivity contribution in [3.63, 3.8) is 0 Å². The molecule has 1 aromatic carbocycles. The van der Waals surface area contributed by atoms with Gasteiger partial charge in [-0.25, -0.2) is 0 Å². The van der Waals surface area contributed by atoms with E-state index in [0.29, 0.717) is 5.56 Å². The number of halogens is 3. The zero-order valence-corrected chi connectivity index (χ0v) is 11.7. The first-order valence-corrected chi connectivity index (χ1v) is 6.90. The number of alkyl halides is 3. The molecule has 110 valence electrons. The van der Waals surface area contributed by atoms with Gasteiger partial charge in [0.15, 0.2) is 0 Å². The van der Waals surface area contributed by atoms with Gasteiger partial charge in [-0.1, -0.05) is 36.9 Å². The summed E-state index contributed by atoms with van der Waals surface area (Å²) in [5.41, 5.74) is -4.60. The third kappa shape index (κ3) is 3.63. The van der Waals surface area contributed by atoms with E-state index in [1.165, 1.54) is 13.8 Å². The first kappa shape index (κ1) is 16.3. The zero-order chi connectivity index (χ0) is 15.6. The maximum absolute atomic E-state index is 12.4. The first-order chi connectivity index (χ1) is 9.06. The maximum Gasteiger partial charge on any atom is 0.534 e. The lowest BCUT2D eigenvalue weighted by Gasteiger charge is -2.15. The largest absolute Gasteiger partial charge is 0.534 e. The summed E-state index contributed by atoms with van der Waals surface area (Å²) in [4.78, 5) is 0. The van der Waals surface area contributed by atoms with E-state index in [9.17, 15) is 21.6 Å². The van der Waals surface area contributed by atoms with Crippen LogP contribution in [0.4, 0.5) is 13.2 Å². The van der Waals surface area contributed by atoms with Crippen LogP contribution < -0.4 is 0 Å². The first-order valence-electron chi connectivity index (χ1n) is 5.49. The summed E-state index contributed by atoms with van der Waals surface area (Å²) in [5.74, 6) is -0.409. The Morgan fingerprint density at radius 3 is 2.05 bits per heavy atom. The Bertz CT molecular complexity index is 629. The number of hydrogen-bond acceptors (Lipinski definition) is 3. The van der Waals surface area contributed by atoms with E-state index >= 15 is 0 Å². The van der Waals surface area contributed by atoms with E-state index in [0.717, 1.165) is 0 Å². The molecule has 0 atom stereocenters. The molecule has 0 saturated carbocycles. The smallest absolute Gasteiger partial charge is 0.375 e. The number of rotatable bonds is 4. The fraction of sp³-hybridized carbons (Fsp3) is 0.231. The van der Waals surface area contributed by atoms with Gasteiger partial charge in [0.2, 0.25) is 0 Å². The summed E-state index contributed by atoms with van der Waals surface area (Å²) in [6, 6.07) is 8.33. The Kier molecular flexibility index (Phi) is 4.65. The zero-order valence-electron chi connectivity index (χ0n) is 10.9. The standard InChI is InChI=1S/C13H13F3O3S/c1-9(2)12(19-20(17,18)13(14,15)16)10(3)11-7-5-4-6-8-11/h4-8H,1H2,2-3H3/b12-10+. The van der Waals surface area contributed by atoms with Crippen LogP contribution in [0.25, 0.3) is 5.57 Å². The Hall–Kier alpha value is -1.76. The van der Waals surface area contributed by atoms with Crippen LogP contribution in [0.1, 0.15) is 19.4 Å². The summed E-state index contributed by atoms with van der Waals surface area (Å²) in [5, 5.41) is 0. The predicted molar refractivity (Wildman–Crippen MR) is 69.9 cm³/mol. The van der Waals surface area contributed by atoms with E-state index in [1.807, 2.05) is 0 Å². The van der Waals surface area contributed by atoms with Crippen LogP contribution in [0.5, 0.6) is 0 Å². The van der Waals surface area contributed by atoms with Crippen molar-refractivity contribution < 1.29 is 25.8 Å². The molecule has 1 rings (SSSR count). The van der Waals surface area contributed by atoms with Crippen molar-refractivity contribution in [3.05, 3.63) is 53.8 Å². The highest BCUT2D eigenvalue weighted by Crippen LogP contribution is 2.31. The second-order valence-electron chi connectivity index (χ2n) is 4.08. The van der Waals surface area contributed by atoms with Crippen molar-refractivity contribution in [2.24, 2.45) is 0 Å². The van der Waals surface area contributed by atoms with Crippen molar-refractivity contribution in [1.82, 2.24) is 0 Å². The van der Waals surface area contributed by atoms with Gasteiger partial charge in [-0.05, 0) is 25.0 Å². The van der Waals surface area contributed by atoms with E-state index in [4.69, 9.17) is 0 Å². The highest BCUT2D eigenvalue weighted by Gasteiger charge is 2.49. The molecule has 0 spiro atoms. The molecule has 0 amide bonds. The minimum Gasteiger partial charge on any atom is -0.375 e. The van der Waals surface area contributed by atoms with Crippen molar-refractivity contribution in [1.29, 1.82) is 0 Å². The monoisotopic (exact) mass is 306 g/mol. The lowest BCUT2D eigenvalue weighted by atomic mass is 10.0. The van der Waals surface area contributed by atoms with Gasteiger partial charge in [0, 0.05) is 5.57 Å². The van der Waals surface area contributed by atoms with E-state index in [2.05, 4.69) is 10.8 Å². The minimum atomic E-state index is -5.71. The van der Waals surface area contributed by atoms with Crippen LogP contribution in [0.2, 0.25) is 0 Å². The molecule has 1 aromatic rings. The molecule has 0 N–H and O–H groups in total. The summed E-state index contributed by atoms with van der Waals surface area (Å²) in [6.45, 7) is 6.29. The van der Waals surface area contributed by atoms with E-state index in [-0.39, 0.29) is 11.1 Å². The maximum atomic E-state index is 12.4. The topological polar surface area (TPSA) is 43.4 Å². The van der Waals surface area contributed by atoms with Crippen LogP contribution in [0.15, 0.2) is 48.2 Å². The Morgan fingerprint density at radius 2 is 1.65 bits per heavy atom. The van der Waals surface area contributed by atoms with Gasteiger partial charge in [0.25, 0.3) is 0 Å². The van der Waals surface area contributed by atoms with E-state index in [1.54, 1.807) is 30.3 Å². The Labute approximate surface area is 115 Å². The molecule has 0 aromatic heterocycles. The molecule has 0 saturated heterocycles. The second-order valence-corrected chi connectivity index (χ2v) is 5.62. The number of benzene rings is 1. The molecule has 0 bridgehead atoms. The third-order valence-electron chi connectivity index (χ3n) is 2.41. The number of allylic oxidation sites excluding steroid dienone is 2. The predicted octanol–water partition coefficient (Wildman–Crippen LogP) is 3.86. The van der Waals surface area contributed by atoms with Gasteiger partial charge >= 0.3 is 15.6 Å². The lowest BCUT2D eigenvalue weighted by Crippen LogP contribution is -2.25. The van der Waals surface area contributed by atoms with Gasteiger partial charge in [-0.3, -0.25) is 0 Å². The molecule has 0 aliphatic heterocycles. The van der Waals surface area contributed by atoms with Crippen molar-refractivity contribution >= 4 is 15.7 Å². The minimum absolute atomic E-state index is 0.0826. The third-order valence-corrected chi connectivity index (χ3v) is 3.36. The van der Waals surface area contributed by atoms with Gasteiger partial charge in [0.05, 0.1) is 0 Å². The summed E-state index contributed by atoms with van der Waals surface area (Å²) >= 11 is 0. The second kappa shape index (κ2) is 5.70. The highest BCUT2D eigenvalue weighted by atomic mass is 32.2. The normalized spacial score (nSPS) is 13.7. The fourth-order valence-electron chi connectivity index (χ4n) is 1.43. The summed E-state index contributed by atoms with van der Waals surface area (Å²) in [7, 11) is -5.71.